The lowest BCUT2D eigenvalue weighted by Crippen LogP contribution is -2.50. The second-order valence-corrected chi connectivity index (χ2v) is 6.57. The number of fused-ring (bicyclic) bond motifs is 1. The summed E-state index contributed by atoms with van der Waals surface area (Å²) in [6.07, 6.45) is 0.519. The minimum atomic E-state index is -4.16. The van der Waals surface area contributed by atoms with Crippen molar-refractivity contribution >= 4 is 22.1 Å². The molecule has 8 heteroatoms. The standard InChI is InChI=1S/C13H16N2O5S/c16-13-15(12-4-2-1-3-10(12)9-20-13)11-5-7-14(8-6-11)21(17,18)19/h1-4,11H,5-9H2,(H,17,18,19). The summed E-state index contributed by atoms with van der Waals surface area (Å²) in [5.74, 6) is 0. The SMILES string of the molecule is O=C1OCc2ccccc2N1C1CCN(S(=O)(=O)O)CC1. The molecule has 0 aromatic heterocycles. The maximum Gasteiger partial charge on any atom is 0.414 e. The maximum absolute atomic E-state index is 12.1. The van der Waals surface area contributed by atoms with Crippen LogP contribution in [0.3, 0.4) is 0 Å². The van der Waals surface area contributed by atoms with Crippen molar-refractivity contribution in [1.82, 2.24) is 4.31 Å². The Kier molecular flexibility index (Phi) is 3.60. The molecule has 2 aliphatic heterocycles. The molecule has 3 rings (SSSR count). The zero-order valence-electron chi connectivity index (χ0n) is 11.3. The zero-order chi connectivity index (χ0) is 15.0. The Hall–Kier alpha value is -1.64. The summed E-state index contributed by atoms with van der Waals surface area (Å²) in [7, 11) is -4.16. The number of carbonyl (C=O) groups excluding carboxylic acids is 1. The van der Waals surface area contributed by atoms with E-state index < -0.39 is 16.4 Å². The first-order valence-electron chi connectivity index (χ1n) is 6.73. The summed E-state index contributed by atoms with van der Waals surface area (Å²) in [6, 6.07) is 7.39. The third-order valence-electron chi connectivity index (χ3n) is 3.91. The molecule has 1 fully saturated rings. The van der Waals surface area contributed by atoms with Crippen LogP contribution in [0.25, 0.3) is 0 Å². The Morgan fingerprint density at radius 1 is 1.19 bits per heavy atom. The normalized spacial score (nSPS) is 21.0. The number of rotatable bonds is 2. The third kappa shape index (κ3) is 2.74. The minimum absolute atomic E-state index is 0.128. The molecule has 0 aliphatic carbocycles. The Bertz CT molecular complexity index is 652. The van der Waals surface area contributed by atoms with E-state index in [-0.39, 0.29) is 25.7 Å². The van der Waals surface area contributed by atoms with E-state index in [4.69, 9.17) is 9.29 Å². The molecular weight excluding hydrogens is 296 g/mol. The fraction of sp³-hybridized carbons (Fsp3) is 0.462. The summed E-state index contributed by atoms with van der Waals surface area (Å²) in [5.41, 5.74) is 1.76. The lowest BCUT2D eigenvalue weighted by Gasteiger charge is -2.39. The van der Waals surface area contributed by atoms with Crippen LogP contribution in [0.1, 0.15) is 18.4 Å². The quantitative estimate of drug-likeness (QED) is 0.834. The highest BCUT2D eigenvalue weighted by Crippen LogP contribution is 2.31. The van der Waals surface area contributed by atoms with Gasteiger partial charge in [-0.2, -0.15) is 12.7 Å². The maximum atomic E-state index is 12.1. The van der Waals surface area contributed by atoms with E-state index >= 15 is 0 Å². The highest BCUT2D eigenvalue weighted by molar-refractivity contribution is 7.83. The van der Waals surface area contributed by atoms with Gasteiger partial charge in [-0.25, -0.2) is 4.79 Å². The number of cyclic esters (lactones) is 1. The molecule has 1 amide bonds. The van der Waals surface area contributed by atoms with Crippen LogP contribution in [0.4, 0.5) is 10.5 Å². The second kappa shape index (κ2) is 5.28. The molecule has 7 nitrogen and oxygen atoms in total. The van der Waals surface area contributed by atoms with Gasteiger partial charge in [-0.3, -0.25) is 9.45 Å². The number of amides is 1. The summed E-state index contributed by atoms with van der Waals surface area (Å²) < 4.78 is 37.4. The number of carbonyl (C=O) groups is 1. The molecule has 2 aliphatic rings. The predicted octanol–water partition coefficient (Wildman–Crippen LogP) is 1.41. The first-order chi connectivity index (χ1) is 9.97. The fourth-order valence-electron chi connectivity index (χ4n) is 2.85. The van der Waals surface area contributed by atoms with Crippen molar-refractivity contribution in [3.63, 3.8) is 0 Å². The van der Waals surface area contributed by atoms with Crippen LogP contribution in [0.2, 0.25) is 0 Å². The molecule has 0 spiro atoms. The van der Waals surface area contributed by atoms with Gasteiger partial charge in [0.1, 0.15) is 6.61 Å². The first kappa shape index (κ1) is 14.3. The number of anilines is 1. The molecule has 2 heterocycles. The summed E-state index contributed by atoms with van der Waals surface area (Å²) in [5, 5.41) is 0. The number of ether oxygens (including phenoxy) is 1. The molecule has 0 atom stereocenters. The van der Waals surface area contributed by atoms with E-state index in [1.807, 2.05) is 24.3 Å². The average Bonchev–Trinajstić information content (AvgIpc) is 2.46. The summed E-state index contributed by atoms with van der Waals surface area (Å²) in [4.78, 5) is 13.7. The van der Waals surface area contributed by atoms with E-state index in [9.17, 15) is 13.2 Å². The Morgan fingerprint density at radius 3 is 2.52 bits per heavy atom. The van der Waals surface area contributed by atoms with Gasteiger partial charge in [-0.1, -0.05) is 18.2 Å². The van der Waals surface area contributed by atoms with Gasteiger partial charge >= 0.3 is 16.4 Å². The van der Waals surface area contributed by atoms with Crippen LogP contribution in [-0.2, 0) is 21.6 Å². The summed E-state index contributed by atoms with van der Waals surface area (Å²) >= 11 is 0. The zero-order valence-corrected chi connectivity index (χ0v) is 12.1. The van der Waals surface area contributed by atoms with Crippen molar-refractivity contribution in [2.75, 3.05) is 18.0 Å². The van der Waals surface area contributed by atoms with Gasteiger partial charge in [-0.05, 0) is 18.9 Å². The number of nitrogens with zero attached hydrogens (tertiary/aromatic N) is 2. The van der Waals surface area contributed by atoms with Crippen molar-refractivity contribution in [2.45, 2.75) is 25.5 Å². The fourth-order valence-corrected chi connectivity index (χ4v) is 3.52. The van der Waals surface area contributed by atoms with Crippen molar-refractivity contribution in [3.05, 3.63) is 29.8 Å². The Morgan fingerprint density at radius 2 is 1.86 bits per heavy atom. The van der Waals surface area contributed by atoms with E-state index in [2.05, 4.69) is 0 Å². The number of benzene rings is 1. The monoisotopic (exact) mass is 312 g/mol. The second-order valence-electron chi connectivity index (χ2n) is 5.16. The first-order valence-corrected chi connectivity index (χ1v) is 8.13. The van der Waals surface area contributed by atoms with Crippen LogP contribution in [-0.4, -0.2) is 42.5 Å². The van der Waals surface area contributed by atoms with Crippen molar-refractivity contribution in [1.29, 1.82) is 0 Å². The van der Waals surface area contributed by atoms with Crippen molar-refractivity contribution in [3.8, 4) is 0 Å². The molecule has 0 radical (unpaired) electrons. The Labute approximate surface area is 123 Å². The highest BCUT2D eigenvalue weighted by atomic mass is 32.2. The van der Waals surface area contributed by atoms with Crippen molar-refractivity contribution < 1.29 is 22.5 Å². The van der Waals surface area contributed by atoms with E-state index in [0.717, 1.165) is 15.6 Å². The molecule has 114 valence electrons. The molecule has 1 aromatic carbocycles. The van der Waals surface area contributed by atoms with Gasteiger partial charge < -0.3 is 4.74 Å². The lowest BCUT2D eigenvalue weighted by molar-refractivity contribution is 0.135. The lowest BCUT2D eigenvalue weighted by atomic mass is 10.0. The largest absolute Gasteiger partial charge is 0.444 e. The molecule has 0 bridgehead atoms. The number of hydrogen-bond acceptors (Lipinski definition) is 4. The van der Waals surface area contributed by atoms with Gasteiger partial charge in [0.2, 0.25) is 0 Å². The van der Waals surface area contributed by atoms with Gasteiger partial charge in [-0.15, -0.1) is 0 Å². The van der Waals surface area contributed by atoms with Crippen LogP contribution in [0.15, 0.2) is 24.3 Å². The topological polar surface area (TPSA) is 87.2 Å². The number of para-hydroxylation sites is 1. The van der Waals surface area contributed by atoms with E-state index in [1.54, 1.807) is 4.90 Å². The van der Waals surface area contributed by atoms with Crippen molar-refractivity contribution in [2.24, 2.45) is 0 Å². The average molecular weight is 312 g/mol. The van der Waals surface area contributed by atoms with Crippen LogP contribution in [0.5, 0.6) is 0 Å². The van der Waals surface area contributed by atoms with Gasteiger partial charge in [0.05, 0.1) is 5.69 Å². The number of piperidine rings is 1. The van der Waals surface area contributed by atoms with Gasteiger partial charge in [0, 0.05) is 24.7 Å². The molecule has 1 aromatic rings. The summed E-state index contributed by atoms with van der Waals surface area (Å²) in [6.45, 7) is 0.639. The van der Waals surface area contributed by atoms with Crippen LogP contribution < -0.4 is 4.90 Å². The van der Waals surface area contributed by atoms with Gasteiger partial charge in [0.25, 0.3) is 0 Å². The molecule has 1 saturated heterocycles. The predicted molar refractivity (Wildman–Crippen MR) is 75.2 cm³/mol. The van der Waals surface area contributed by atoms with Gasteiger partial charge in [0.15, 0.2) is 0 Å². The molecule has 1 N–H and O–H groups in total. The van der Waals surface area contributed by atoms with Crippen LogP contribution >= 0.6 is 0 Å². The Balaban J connectivity index is 1.81. The minimum Gasteiger partial charge on any atom is -0.444 e. The van der Waals surface area contributed by atoms with Crippen LogP contribution in [0, 0.1) is 0 Å². The third-order valence-corrected chi connectivity index (χ3v) is 4.93. The molecule has 0 unspecified atom stereocenters. The molecular formula is C13H16N2O5S. The highest BCUT2D eigenvalue weighted by Gasteiger charge is 2.36. The molecule has 0 saturated carbocycles. The molecule has 21 heavy (non-hydrogen) atoms. The van der Waals surface area contributed by atoms with E-state index in [0.29, 0.717) is 12.8 Å². The smallest absolute Gasteiger partial charge is 0.414 e. The number of hydrogen-bond donors (Lipinski definition) is 1. The van der Waals surface area contributed by atoms with E-state index in [1.165, 1.54) is 0 Å².